The highest BCUT2D eigenvalue weighted by Gasteiger charge is 2.16. The summed E-state index contributed by atoms with van der Waals surface area (Å²) in [7, 11) is 3.82. The molecule has 0 aliphatic heterocycles. The fraction of sp³-hybridized carbons (Fsp3) is 0.500. The van der Waals surface area contributed by atoms with Crippen molar-refractivity contribution in [3.05, 3.63) is 27.7 Å². The predicted molar refractivity (Wildman–Crippen MR) is 84.0 cm³/mol. The van der Waals surface area contributed by atoms with Gasteiger partial charge in [0.25, 0.3) is 0 Å². The van der Waals surface area contributed by atoms with Crippen LogP contribution in [0.25, 0.3) is 0 Å². The summed E-state index contributed by atoms with van der Waals surface area (Å²) in [6, 6.07) is 3.53. The number of carboxylic acids is 1. The molecule has 1 N–H and O–H groups in total. The topological polar surface area (TPSA) is 43.8 Å². The summed E-state index contributed by atoms with van der Waals surface area (Å²) in [6.07, 6.45) is 0.885. The van der Waals surface area contributed by atoms with Gasteiger partial charge in [0.15, 0.2) is 0 Å². The Hall–Kier alpha value is -0.970. The van der Waals surface area contributed by atoms with Crippen molar-refractivity contribution in [1.29, 1.82) is 0 Å². The van der Waals surface area contributed by atoms with Gasteiger partial charge in [-0.1, -0.05) is 30.1 Å². The van der Waals surface area contributed by atoms with Crippen LogP contribution < -0.4 is 4.90 Å². The van der Waals surface area contributed by atoms with Crippen molar-refractivity contribution in [3.8, 4) is 0 Å². The van der Waals surface area contributed by atoms with Crippen LogP contribution in [-0.2, 0) is 11.3 Å². The Labute approximate surface area is 129 Å². The third kappa shape index (κ3) is 4.85. The molecule has 1 rings (SSSR count). The monoisotopic (exact) mass is 318 g/mol. The average Bonchev–Trinajstić information content (AvgIpc) is 2.31. The highest BCUT2D eigenvalue weighted by atomic mass is 35.5. The molecule has 112 valence electrons. The van der Waals surface area contributed by atoms with Crippen LogP contribution in [0.3, 0.4) is 0 Å². The van der Waals surface area contributed by atoms with Gasteiger partial charge in [-0.15, -0.1) is 0 Å². The van der Waals surface area contributed by atoms with Gasteiger partial charge in [0.05, 0.1) is 6.54 Å². The summed E-state index contributed by atoms with van der Waals surface area (Å²) < 4.78 is 0. The Kier molecular flexibility index (Phi) is 6.59. The van der Waals surface area contributed by atoms with Crippen LogP contribution in [0.5, 0.6) is 0 Å². The molecule has 0 saturated heterocycles. The lowest BCUT2D eigenvalue weighted by Gasteiger charge is -2.25. The molecule has 0 spiro atoms. The molecule has 0 amide bonds. The van der Waals surface area contributed by atoms with Gasteiger partial charge in [0.2, 0.25) is 0 Å². The SMILES string of the molecule is CCCN(CC(=O)O)Cc1c(Cl)cc(Cl)cc1N(C)C. The van der Waals surface area contributed by atoms with Gasteiger partial charge in [-0.25, -0.2) is 0 Å². The van der Waals surface area contributed by atoms with Gasteiger partial charge in [0, 0.05) is 41.9 Å². The molecule has 0 aliphatic carbocycles. The van der Waals surface area contributed by atoms with E-state index in [4.69, 9.17) is 28.3 Å². The van der Waals surface area contributed by atoms with Crippen molar-refractivity contribution in [2.75, 3.05) is 32.1 Å². The Morgan fingerprint density at radius 2 is 1.95 bits per heavy atom. The number of carbonyl (C=O) groups is 1. The standard InChI is InChI=1S/C14H20Cl2N2O2/c1-4-5-18(9-14(19)20)8-11-12(16)6-10(15)7-13(11)17(2)3/h6-7H,4-5,8-9H2,1-3H3,(H,19,20). The molecular weight excluding hydrogens is 299 g/mol. The van der Waals surface area contributed by atoms with Crippen LogP contribution in [0.1, 0.15) is 18.9 Å². The average molecular weight is 319 g/mol. The molecule has 0 fully saturated rings. The molecule has 1 aromatic rings. The van der Waals surface area contributed by atoms with E-state index in [1.54, 1.807) is 6.07 Å². The van der Waals surface area contributed by atoms with E-state index in [2.05, 4.69) is 0 Å². The first-order valence-corrected chi connectivity index (χ1v) is 7.20. The van der Waals surface area contributed by atoms with Crippen molar-refractivity contribution in [3.63, 3.8) is 0 Å². The maximum Gasteiger partial charge on any atom is 0.317 e. The largest absolute Gasteiger partial charge is 0.480 e. The van der Waals surface area contributed by atoms with Gasteiger partial charge < -0.3 is 10.0 Å². The lowest BCUT2D eigenvalue weighted by atomic mass is 10.1. The smallest absolute Gasteiger partial charge is 0.317 e. The zero-order chi connectivity index (χ0) is 15.3. The molecule has 20 heavy (non-hydrogen) atoms. The Morgan fingerprint density at radius 3 is 2.45 bits per heavy atom. The second kappa shape index (κ2) is 7.72. The fourth-order valence-electron chi connectivity index (χ4n) is 2.09. The Balaban J connectivity index is 3.07. The lowest BCUT2D eigenvalue weighted by molar-refractivity contribution is -0.138. The number of rotatable bonds is 7. The quantitative estimate of drug-likeness (QED) is 0.837. The minimum Gasteiger partial charge on any atom is -0.480 e. The van der Waals surface area contributed by atoms with Crippen LogP contribution in [0.2, 0.25) is 10.0 Å². The van der Waals surface area contributed by atoms with Crippen molar-refractivity contribution < 1.29 is 9.90 Å². The van der Waals surface area contributed by atoms with E-state index in [0.717, 1.165) is 17.7 Å². The first kappa shape index (κ1) is 17.1. The van der Waals surface area contributed by atoms with E-state index in [0.29, 0.717) is 23.1 Å². The van der Waals surface area contributed by atoms with Gasteiger partial charge in [-0.05, 0) is 25.1 Å². The lowest BCUT2D eigenvalue weighted by Crippen LogP contribution is -2.30. The molecule has 0 radical (unpaired) electrons. The first-order chi connectivity index (χ1) is 9.35. The Bertz CT molecular complexity index is 478. The molecule has 0 aliphatic rings. The molecule has 0 saturated carbocycles. The normalized spacial score (nSPS) is 10.9. The van der Waals surface area contributed by atoms with E-state index in [9.17, 15) is 4.79 Å². The van der Waals surface area contributed by atoms with Crippen LogP contribution >= 0.6 is 23.2 Å². The zero-order valence-electron chi connectivity index (χ0n) is 12.0. The number of carboxylic acid groups (broad SMARTS) is 1. The summed E-state index contributed by atoms with van der Waals surface area (Å²) in [5, 5.41) is 10.1. The van der Waals surface area contributed by atoms with Crippen molar-refractivity contribution in [2.24, 2.45) is 0 Å². The molecule has 0 atom stereocenters. The molecule has 0 unspecified atom stereocenters. The molecule has 6 heteroatoms. The van der Waals surface area contributed by atoms with Crippen LogP contribution in [0.4, 0.5) is 5.69 Å². The second-order valence-corrected chi connectivity index (χ2v) is 5.73. The number of benzene rings is 1. The summed E-state index contributed by atoms with van der Waals surface area (Å²) in [6.45, 7) is 3.21. The van der Waals surface area contributed by atoms with E-state index < -0.39 is 5.97 Å². The first-order valence-electron chi connectivity index (χ1n) is 6.44. The minimum absolute atomic E-state index is 0.000333. The zero-order valence-corrected chi connectivity index (χ0v) is 13.5. The second-order valence-electron chi connectivity index (χ2n) is 4.88. The van der Waals surface area contributed by atoms with E-state index in [-0.39, 0.29) is 6.54 Å². The predicted octanol–water partition coefficient (Wildman–Crippen LogP) is 3.36. The van der Waals surface area contributed by atoms with Crippen LogP contribution in [0, 0.1) is 0 Å². The third-order valence-electron chi connectivity index (χ3n) is 2.90. The summed E-state index contributed by atoms with van der Waals surface area (Å²) in [5.74, 6) is -0.838. The minimum atomic E-state index is -0.838. The van der Waals surface area contributed by atoms with E-state index in [1.165, 1.54) is 0 Å². The van der Waals surface area contributed by atoms with Gasteiger partial charge in [0.1, 0.15) is 0 Å². The molecular formula is C14H20Cl2N2O2. The number of hydrogen-bond acceptors (Lipinski definition) is 3. The highest BCUT2D eigenvalue weighted by molar-refractivity contribution is 6.35. The number of anilines is 1. The van der Waals surface area contributed by atoms with Crippen LogP contribution in [-0.4, -0.2) is 43.2 Å². The van der Waals surface area contributed by atoms with Gasteiger partial charge in [-0.3, -0.25) is 9.69 Å². The maximum atomic E-state index is 10.9. The highest BCUT2D eigenvalue weighted by Crippen LogP contribution is 2.31. The number of halogens is 2. The number of nitrogens with zero attached hydrogens (tertiary/aromatic N) is 2. The summed E-state index contributed by atoms with van der Waals surface area (Å²) >= 11 is 12.3. The van der Waals surface area contributed by atoms with Gasteiger partial charge in [-0.2, -0.15) is 0 Å². The molecule has 0 heterocycles. The van der Waals surface area contributed by atoms with Gasteiger partial charge >= 0.3 is 5.97 Å². The molecule has 1 aromatic carbocycles. The molecule has 4 nitrogen and oxygen atoms in total. The third-order valence-corrected chi connectivity index (χ3v) is 3.45. The van der Waals surface area contributed by atoms with E-state index >= 15 is 0 Å². The Morgan fingerprint density at radius 1 is 1.30 bits per heavy atom. The van der Waals surface area contributed by atoms with Crippen molar-refractivity contribution in [1.82, 2.24) is 4.90 Å². The number of aliphatic carboxylic acids is 1. The van der Waals surface area contributed by atoms with Crippen molar-refractivity contribution >= 4 is 34.9 Å². The fourth-order valence-corrected chi connectivity index (χ4v) is 2.63. The van der Waals surface area contributed by atoms with E-state index in [1.807, 2.05) is 36.9 Å². The summed E-state index contributed by atoms with van der Waals surface area (Å²) in [4.78, 5) is 14.7. The summed E-state index contributed by atoms with van der Waals surface area (Å²) in [5.41, 5.74) is 1.81. The number of hydrogen-bond donors (Lipinski definition) is 1. The maximum absolute atomic E-state index is 10.9. The van der Waals surface area contributed by atoms with Crippen molar-refractivity contribution in [2.45, 2.75) is 19.9 Å². The molecule has 0 aromatic heterocycles. The molecule has 0 bridgehead atoms. The van der Waals surface area contributed by atoms with Crippen LogP contribution in [0.15, 0.2) is 12.1 Å².